The van der Waals surface area contributed by atoms with Gasteiger partial charge in [0.25, 0.3) is 11.5 Å². The molecule has 0 spiro atoms. The van der Waals surface area contributed by atoms with Crippen molar-refractivity contribution in [1.82, 2.24) is 9.55 Å². The van der Waals surface area contributed by atoms with Crippen LogP contribution in [0.25, 0.3) is 16.6 Å². The van der Waals surface area contributed by atoms with E-state index in [-0.39, 0.29) is 11.5 Å². The lowest BCUT2D eigenvalue weighted by Gasteiger charge is -2.14. The Morgan fingerprint density at radius 3 is 2.48 bits per heavy atom. The number of para-hydroxylation sites is 1. The minimum absolute atomic E-state index is 0.175. The van der Waals surface area contributed by atoms with Gasteiger partial charge in [-0.05, 0) is 56.3 Å². The van der Waals surface area contributed by atoms with Gasteiger partial charge >= 0.3 is 0 Å². The Hall–Kier alpha value is -3.44. The number of carbonyl (C=O) groups excluding carboxylic acids is 1. The van der Waals surface area contributed by atoms with E-state index >= 15 is 0 Å². The number of nitrogens with zero attached hydrogens (tertiary/aromatic N) is 2. The summed E-state index contributed by atoms with van der Waals surface area (Å²) in [5.74, 6) is 0.275. The molecule has 0 saturated heterocycles. The summed E-state index contributed by atoms with van der Waals surface area (Å²) >= 11 is 6.30. The zero-order valence-electron chi connectivity index (χ0n) is 15.9. The molecule has 0 atom stereocenters. The fourth-order valence-electron chi connectivity index (χ4n) is 3.20. The topological polar surface area (TPSA) is 64.0 Å². The summed E-state index contributed by atoms with van der Waals surface area (Å²) in [6.45, 7) is 3.73. The normalized spacial score (nSPS) is 10.9. The highest BCUT2D eigenvalue weighted by atomic mass is 35.5. The number of halogens is 1. The maximum atomic E-state index is 13.0. The Labute approximate surface area is 172 Å². The van der Waals surface area contributed by atoms with Gasteiger partial charge in [0.05, 0.1) is 27.3 Å². The number of amides is 1. The number of rotatable bonds is 3. The molecule has 0 aliphatic heterocycles. The van der Waals surface area contributed by atoms with Crippen molar-refractivity contribution in [2.45, 2.75) is 13.8 Å². The van der Waals surface area contributed by atoms with Crippen molar-refractivity contribution in [3.05, 3.63) is 99.1 Å². The Morgan fingerprint density at radius 1 is 1.00 bits per heavy atom. The van der Waals surface area contributed by atoms with E-state index in [1.54, 1.807) is 49.4 Å². The number of aromatic nitrogens is 2. The second kappa shape index (κ2) is 7.53. The summed E-state index contributed by atoms with van der Waals surface area (Å²) in [5, 5.41) is 3.73. The van der Waals surface area contributed by atoms with E-state index in [1.807, 2.05) is 31.2 Å². The Morgan fingerprint density at radius 2 is 1.72 bits per heavy atom. The van der Waals surface area contributed by atoms with Crippen molar-refractivity contribution in [1.29, 1.82) is 0 Å². The van der Waals surface area contributed by atoms with Crippen molar-refractivity contribution < 1.29 is 4.79 Å². The molecule has 4 rings (SSSR count). The third kappa shape index (κ3) is 3.65. The molecule has 29 heavy (non-hydrogen) atoms. The molecule has 0 unspecified atom stereocenters. The molecule has 5 nitrogen and oxygen atoms in total. The van der Waals surface area contributed by atoms with Gasteiger partial charge in [-0.1, -0.05) is 41.4 Å². The molecule has 144 valence electrons. The minimum atomic E-state index is -0.273. The van der Waals surface area contributed by atoms with Gasteiger partial charge < -0.3 is 5.32 Å². The van der Waals surface area contributed by atoms with Gasteiger partial charge in [0.1, 0.15) is 5.82 Å². The van der Waals surface area contributed by atoms with Crippen LogP contribution in [0.4, 0.5) is 5.69 Å². The van der Waals surface area contributed by atoms with E-state index in [0.29, 0.717) is 38.7 Å². The SMILES string of the molecule is Cc1ccc(C(=O)Nc2cc(-n3c(C)nc4ccccc4c3=O)ccc2Cl)cc1. The molecule has 0 aliphatic rings. The number of nitrogens with one attached hydrogen (secondary N) is 1. The van der Waals surface area contributed by atoms with Crippen molar-refractivity contribution >= 4 is 34.1 Å². The quantitative estimate of drug-likeness (QED) is 0.528. The average molecular weight is 404 g/mol. The molecule has 1 N–H and O–H groups in total. The van der Waals surface area contributed by atoms with Gasteiger partial charge in [0.15, 0.2) is 0 Å². The number of hydrogen-bond acceptors (Lipinski definition) is 3. The highest BCUT2D eigenvalue weighted by molar-refractivity contribution is 6.34. The Kier molecular flexibility index (Phi) is 4.91. The summed E-state index contributed by atoms with van der Waals surface area (Å²) in [6.07, 6.45) is 0. The zero-order valence-corrected chi connectivity index (χ0v) is 16.7. The number of carbonyl (C=O) groups is 1. The van der Waals surface area contributed by atoms with Crippen LogP contribution >= 0.6 is 11.6 Å². The molecule has 1 heterocycles. The number of anilines is 1. The molecule has 0 aliphatic carbocycles. The molecule has 0 bridgehead atoms. The van der Waals surface area contributed by atoms with Crippen molar-refractivity contribution in [3.63, 3.8) is 0 Å². The number of fused-ring (bicyclic) bond motifs is 1. The van der Waals surface area contributed by atoms with Crippen LogP contribution in [0.2, 0.25) is 5.02 Å². The lowest BCUT2D eigenvalue weighted by molar-refractivity contribution is 0.102. The van der Waals surface area contributed by atoms with E-state index in [9.17, 15) is 9.59 Å². The lowest BCUT2D eigenvalue weighted by Crippen LogP contribution is -2.22. The predicted molar refractivity (Wildman–Crippen MR) is 116 cm³/mol. The van der Waals surface area contributed by atoms with Crippen molar-refractivity contribution in [2.24, 2.45) is 0 Å². The van der Waals surface area contributed by atoms with Crippen LogP contribution in [0, 0.1) is 13.8 Å². The number of benzene rings is 3. The third-order valence-corrected chi connectivity index (χ3v) is 5.04. The number of aryl methyl sites for hydroxylation is 2. The molecule has 3 aromatic carbocycles. The smallest absolute Gasteiger partial charge is 0.265 e. The first-order chi connectivity index (χ1) is 13.9. The predicted octanol–water partition coefficient (Wildman–Crippen LogP) is 4.91. The molecule has 1 aromatic heterocycles. The molecule has 0 fully saturated rings. The highest BCUT2D eigenvalue weighted by Crippen LogP contribution is 2.26. The largest absolute Gasteiger partial charge is 0.321 e. The van der Waals surface area contributed by atoms with Crippen LogP contribution in [0.1, 0.15) is 21.7 Å². The van der Waals surface area contributed by atoms with Gasteiger partial charge in [-0.3, -0.25) is 14.2 Å². The van der Waals surface area contributed by atoms with E-state index in [4.69, 9.17) is 11.6 Å². The monoisotopic (exact) mass is 403 g/mol. The minimum Gasteiger partial charge on any atom is -0.321 e. The first kappa shape index (κ1) is 18.9. The van der Waals surface area contributed by atoms with E-state index in [0.717, 1.165) is 5.56 Å². The fraction of sp³-hybridized carbons (Fsp3) is 0.0870. The summed E-state index contributed by atoms with van der Waals surface area (Å²) in [5.41, 5.74) is 3.07. The first-order valence-electron chi connectivity index (χ1n) is 9.10. The first-order valence-corrected chi connectivity index (χ1v) is 9.48. The standard InChI is InChI=1S/C23H18ClN3O2/c1-14-7-9-16(10-8-14)22(28)26-21-13-17(11-12-19(21)24)27-15(2)25-20-6-4-3-5-18(20)23(27)29/h3-13H,1-2H3,(H,26,28). The molecule has 6 heteroatoms. The maximum absolute atomic E-state index is 13.0. The number of hydrogen-bond donors (Lipinski definition) is 1. The van der Waals surface area contributed by atoms with Crippen molar-refractivity contribution in [2.75, 3.05) is 5.32 Å². The van der Waals surface area contributed by atoms with E-state index in [2.05, 4.69) is 10.3 Å². The summed E-state index contributed by atoms with van der Waals surface area (Å²) in [7, 11) is 0. The second-order valence-electron chi connectivity index (χ2n) is 6.80. The van der Waals surface area contributed by atoms with Gasteiger partial charge in [-0.2, -0.15) is 0 Å². The Bertz CT molecular complexity index is 1290. The molecule has 1 amide bonds. The molecule has 0 saturated carbocycles. The van der Waals surface area contributed by atoms with Crippen LogP contribution in [0.3, 0.4) is 0 Å². The summed E-state index contributed by atoms with van der Waals surface area (Å²) in [4.78, 5) is 30.1. The van der Waals surface area contributed by atoms with Crippen LogP contribution in [0.15, 0.2) is 71.5 Å². The summed E-state index contributed by atoms with van der Waals surface area (Å²) in [6, 6.07) is 19.5. The third-order valence-electron chi connectivity index (χ3n) is 4.71. The molecular formula is C23H18ClN3O2. The second-order valence-corrected chi connectivity index (χ2v) is 7.21. The molecular weight excluding hydrogens is 386 g/mol. The van der Waals surface area contributed by atoms with Gasteiger partial charge in [0.2, 0.25) is 0 Å². The van der Waals surface area contributed by atoms with Gasteiger partial charge in [-0.15, -0.1) is 0 Å². The van der Waals surface area contributed by atoms with Crippen molar-refractivity contribution in [3.8, 4) is 5.69 Å². The summed E-state index contributed by atoms with van der Waals surface area (Å²) < 4.78 is 1.51. The average Bonchev–Trinajstić information content (AvgIpc) is 2.71. The maximum Gasteiger partial charge on any atom is 0.265 e. The van der Waals surface area contributed by atoms with Crippen LogP contribution in [0.5, 0.6) is 0 Å². The Balaban J connectivity index is 1.76. The molecule has 4 aromatic rings. The fourth-order valence-corrected chi connectivity index (χ4v) is 3.36. The van der Waals surface area contributed by atoms with E-state index in [1.165, 1.54) is 4.57 Å². The van der Waals surface area contributed by atoms with Gasteiger partial charge in [-0.25, -0.2) is 4.98 Å². The van der Waals surface area contributed by atoms with E-state index < -0.39 is 0 Å². The molecule has 0 radical (unpaired) electrons. The van der Waals surface area contributed by atoms with Gasteiger partial charge in [0, 0.05) is 5.56 Å². The van der Waals surface area contributed by atoms with Crippen LogP contribution < -0.4 is 10.9 Å². The zero-order chi connectivity index (χ0) is 20.5. The van der Waals surface area contributed by atoms with Crippen LogP contribution in [-0.2, 0) is 0 Å². The van der Waals surface area contributed by atoms with Crippen LogP contribution in [-0.4, -0.2) is 15.5 Å². The highest BCUT2D eigenvalue weighted by Gasteiger charge is 2.13. The lowest BCUT2D eigenvalue weighted by atomic mass is 10.1.